The average molecular weight is 194 g/mol. The van der Waals surface area contributed by atoms with Crippen molar-refractivity contribution in [1.82, 2.24) is 0 Å². The molecule has 2 rings (SSSR count). The van der Waals surface area contributed by atoms with Crippen molar-refractivity contribution in [3.05, 3.63) is 35.9 Å². The molecule has 0 bridgehead atoms. The minimum atomic E-state index is 0. The van der Waals surface area contributed by atoms with E-state index >= 15 is 0 Å². The second-order valence-electron chi connectivity index (χ2n) is 3.75. The van der Waals surface area contributed by atoms with Gasteiger partial charge in [0.15, 0.2) is 0 Å². The lowest BCUT2D eigenvalue weighted by Gasteiger charge is -2.21. The Morgan fingerprint density at radius 3 is 2.08 bits per heavy atom. The molecule has 72 valence electrons. The molecule has 1 fully saturated rings. The fourth-order valence-electron chi connectivity index (χ4n) is 2.16. The van der Waals surface area contributed by atoms with Crippen LogP contribution in [-0.4, -0.2) is 0 Å². The SMILES string of the molecule is S.c1ccc(C2CCCCC2)cc1. The van der Waals surface area contributed by atoms with Gasteiger partial charge in [-0.05, 0) is 24.3 Å². The molecule has 1 aliphatic rings. The summed E-state index contributed by atoms with van der Waals surface area (Å²) in [6.07, 6.45) is 7.12. The van der Waals surface area contributed by atoms with Gasteiger partial charge in [-0.15, -0.1) is 0 Å². The summed E-state index contributed by atoms with van der Waals surface area (Å²) in [5.41, 5.74) is 1.55. The van der Waals surface area contributed by atoms with Crippen LogP contribution in [0.4, 0.5) is 0 Å². The van der Waals surface area contributed by atoms with Crippen LogP contribution in [0.25, 0.3) is 0 Å². The number of hydrogen-bond acceptors (Lipinski definition) is 0. The van der Waals surface area contributed by atoms with Crippen LogP contribution >= 0.6 is 13.5 Å². The minimum absolute atomic E-state index is 0. The van der Waals surface area contributed by atoms with E-state index in [1.807, 2.05) is 0 Å². The lowest BCUT2D eigenvalue weighted by atomic mass is 9.84. The van der Waals surface area contributed by atoms with Gasteiger partial charge in [-0.2, -0.15) is 13.5 Å². The van der Waals surface area contributed by atoms with Gasteiger partial charge in [-0.1, -0.05) is 49.6 Å². The highest BCUT2D eigenvalue weighted by atomic mass is 32.1. The van der Waals surface area contributed by atoms with Crippen LogP contribution in [0.15, 0.2) is 30.3 Å². The second-order valence-corrected chi connectivity index (χ2v) is 3.75. The van der Waals surface area contributed by atoms with E-state index in [1.54, 1.807) is 5.56 Å². The zero-order valence-corrected chi connectivity index (χ0v) is 9.00. The van der Waals surface area contributed by atoms with Gasteiger partial charge < -0.3 is 0 Å². The highest BCUT2D eigenvalue weighted by molar-refractivity contribution is 7.59. The summed E-state index contributed by atoms with van der Waals surface area (Å²) in [7, 11) is 0. The van der Waals surface area contributed by atoms with E-state index in [0.717, 1.165) is 5.92 Å². The van der Waals surface area contributed by atoms with Gasteiger partial charge >= 0.3 is 0 Å². The summed E-state index contributed by atoms with van der Waals surface area (Å²) in [5.74, 6) is 0.861. The predicted octanol–water partition coefficient (Wildman–Crippen LogP) is 3.85. The fraction of sp³-hybridized carbons (Fsp3) is 0.500. The van der Waals surface area contributed by atoms with E-state index in [0.29, 0.717) is 0 Å². The Balaban J connectivity index is 0.000000845. The quantitative estimate of drug-likeness (QED) is 0.637. The summed E-state index contributed by atoms with van der Waals surface area (Å²) >= 11 is 0. The zero-order chi connectivity index (χ0) is 8.23. The smallest absolute Gasteiger partial charge is 0.0162 e. The van der Waals surface area contributed by atoms with E-state index in [1.165, 1.54) is 32.1 Å². The standard InChI is InChI=1S/C12H16.H2S/c1-3-7-11(8-4-1)12-9-5-2-6-10-12;/h1,3-4,7-8,12H,2,5-6,9-10H2;1H2. The molecule has 0 radical (unpaired) electrons. The van der Waals surface area contributed by atoms with Crippen molar-refractivity contribution in [3.8, 4) is 0 Å². The topological polar surface area (TPSA) is 0 Å². The molecule has 1 heteroatoms. The van der Waals surface area contributed by atoms with Crippen molar-refractivity contribution in [2.45, 2.75) is 38.0 Å². The third kappa shape index (κ3) is 2.77. The Bertz CT molecular complexity index is 224. The molecule has 0 spiro atoms. The maximum Gasteiger partial charge on any atom is -0.0162 e. The number of hydrogen-bond donors (Lipinski definition) is 0. The fourth-order valence-corrected chi connectivity index (χ4v) is 2.16. The summed E-state index contributed by atoms with van der Waals surface area (Å²) < 4.78 is 0. The molecular formula is C12H18S. The highest BCUT2D eigenvalue weighted by Gasteiger charge is 2.14. The van der Waals surface area contributed by atoms with Gasteiger partial charge in [-0.3, -0.25) is 0 Å². The largest absolute Gasteiger partial charge is 0.197 e. The predicted molar refractivity (Wildman–Crippen MR) is 62.6 cm³/mol. The summed E-state index contributed by atoms with van der Waals surface area (Å²) in [6.45, 7) is 0. The molecule has 0 saturated heterocycles. The highest BCUT2D eigenvalue weighted by Crippen LogP contribution is 2.31. The molecule has 13 heavy (non-hydrogen) atoms. The van der Waals surface area contributed by atoms with Gasteiger partial charge in [0.05, 0.1) is 0 Å². The van der Waals surface area contributed by atoms with Gasteiger partial charge in [0, 0.05) is 0 Å². The monoisotopic (exact) mass is 194 g/mol. The zero-order valence-electron chi connectivity index (χ0n) is 8.00. The maximum atomic E-state index is 2.27. The van der Waals surface area contributed by atoms with E-state index in [9.17, 15) is 0 Å². The normalized spacial score (nSPS) is 17.8. The molecule has 0 aromatic heterocycles. The second kappa shape index (κ2) is 5.33. The van der Waals surface area contributed by atoms with Gasteiger partial charge in [0.2, 0.25) is 0 Å². The van der Waals surface area contributed by atoms with Crippen LogP contribution in [0.5, 0.6) is 0 Å². The Morgan fingerprint density at radius 2 is 1.46 bits per heavy atom. The average Bonchev–Trinajstić information content (AvgIpc) is 2.21. The molecule has 0 nitrogen and oxygen atoms in total. The van der Waals surface area contributed by atoms with Crippen LogP contribution in [0.2, 0.25) is 0 Å². The molecule has 1 aromatic rings. The molecule has 0 heterocycles. The minimum Gasteiger partial charge on any atom is -0.197 e. The molecule has 0 aliphatic heterocycles. The Morgan fingerprint density at radius 1 is 0.846 bits per heavy atom. The molecule has 1 aliphatic carbocycles. The lowest BCUT2D eigenvalue weighted by Crippen LogP contribution is -2.03. The van der Waals surface area contributed by atoms with E-state index < -0.39 is 0 Å². The van der Waals surface area contributed by atoms with Crippen LogP contribution in [-0.2, 0) is 0 Å². The van der Waals surface area contributed by atoms with Crippen LogP contribution in [0.3, 0.4) is 0 Å². The number of benzene rings is 1. The third-order valence-corrected chi connectivity index (χ3v) is 2.88. The molecule has 1 aromatic carbocycles. The first-order valence-electron chi connectivity index (χ1n) is 5.02. The van der Waals surface area contributed by atoms with E-state index in [2.05, 4.69) is 30.3 Å². The van der Waals surface area contributed by atoms with Gasteiger partial charge in [0.1, 0.15) is 0 Å². The first-order chi connectivity index (χ1) is 5.97. The van der Waals surface area contributed by atoms with Crippen molar-refractivity contribution in [2.24, 2.45) is 0 Å². The Kier molecular flexibility index (Phi) is 4.37. The molecular weight excluding hydrogens is 176 g/mol. The van der Waals surface area contributed by atoms with Crippen molar-refractivity contribution >= 4 is 13.5 Å². The summed E-state index contributed by atoms with van der Waals surface area (Å²) in [6, 6.07) is 11.0. The Labute approximate surface area is 87.8 Å². The van der Waals surface area contributed by atoms with Crippen molar-refractivity contribution in [1.29, 1.82) is 0 Å². The summed E-state index contributed by atoms with van der Waals surface area (Å²) in [5, 5.41) is 0. The van der Waals surface area contributed by atoms with Crippen LogP contribution in [0.1, 0.15) is 43.6 Å². The third-order valence-electron chi connectivity index (χ3n) is 2.88. The lowest BCUT2D eigenvalue weighted by molar-refractivity contribution is 0.443. The summed E-state index contributed by atoms with van der Waals surface area (Å²) in [4.78, 5) is 0. The van der Waals surface area contributed by atoms with Gasteiger partial charge in [0.25, 0.3) is 0 Å². The van der Waals surface area contributed by atoms with Crippen molar-refractivity contribution in [3.63, 3.8) is 0 Å². The molecule has 0 unspecified atom stereocenters. The van der Waals surface area contributed by atoms with Crippen molar-refractivity contribution in [2.75, 3.05) is 0 Å². The Hall–Kier alpha value is -0.430. The van der Waals surface area contributed by atoms with Crippen LogP contribution in [0, 0.1) is 0 Å². The van der Waals surface area contributed by atoms with Crippen LogP contribution < -0.4 is 0 Å². The van der Waals surface area contributed by atoms with E-state index in [-0.39, 0.29) is 13.5 Å². The van der Waals surface area contributed by atoms with E-state index in [4.69, 9.17) is 0 Å². The first-order valence-corrected chi connectivity index (χ1v) is 5.02. The molecule has 0 N–H and O–H groups in total. The van der Waals surface area contributed by atoms with Gasteiger partial charge in [-0.25, -0.2) is 0 Å². The first kappa shape index (κ1) is 10.6. The molecule has 0 amide bonds. The molecule has 0 atom stereocenters. The maximum absolute atomic E-state index is 2.27. The molecule has 1 saturated carbocycles. The van der Waals surface area contributed by atoms with Crippen molar-refractivity contribution < 1.29 is 0 Å². The number of rotatable bonds is 1.